The summed E-state index contributed by atoms with van der Waals surface area (Å²) >= 11 is 0. The number of rotatable bonds is 5. The Bertz CT molecular complexity index is 752. The standard InChI is InChI=1S/C17H12F3NO3/c18-17(19,20)11-24-15-7-13(9-21)6-14(8-15)16(22)23-10-12-4-2-1-3-5-12/h1-8H,10-11H2. The van der Waals surface area contributed by atoms with Crippen molar-refractivity contribution in [3.05, 3.63) is 65.2 Å². The molecule has 24 heavy (non-hydrogen) atoms. The molecule has 124 valence electrons. The van der Waals surface area contributed by atoms with Gasteiger partial charge >= 0.3 is 12.1 Å². The van der Waals surface area contributed by atoms with E-state index >= 15 is 0 Å². The van der Waals surface area contributed by atoms with Gasteiger partial charge in [0.1, 0.15) is 12.4 Å². The summed E-state index contributed by atoms with van der Waals surface area (Å²) in [7, 11) is 0. The number of benzene rings is 2. The average Bonchev–Trinajstić information content (AvgIpc) is 2.58. The minimum atomic E-state index is -4.52. The van der Waals surface area contributed by atoms with Gasteiger partial charge in [-0.2, -0.15) is 18.4 Å². The summed E-state index contributed by atoms with van der Waals surface area (Å²) in [4.78, 5) is 12.0. The van der Waals surface area contributed by atoms with Crippen molar-refractivity contribution in [1.29, 1.82) is 5.26 Å². The molecule has 0 aromatic heterocycles. The van der Waals surface area contributed by atoms with Gasteiger partial charge in [-0.15, -0.1) is 0 Å². The molecule has 0 heterocycles. The number of esters is 1. The lowest BCUT2D eigenvalue weighted by Gasteiger charge is -2.11. The van der Waals surface area contributed by atoms with Gasteiger partial charge in [0.2, 0.25) is 0 Å². The zero-order chi connectivity index (χ0) is 17.6. The quantitative estimate of drug-likeness (QED) is 0.779. The molecule has 0 spiro atoms. The molecule has 0 saturated carbocycles. The Hall–Kier alpha value is -3.01. The number of hydrogen-bond acceptors (Lipinski definition) is 4. The number of carbonyl (C=O) groups is 1. The molecule has 0 aliphatic rings. The molecule has 0 N–H and O–H groups in total. The van der Waals surface area contributed by atoms with Crippen molar-refractivity contribution in [2.24, 2.45) is 0 Å². The van der Waals surface area contributed by atoms with Crippen LogP contribution in [0, 0.1) is 11.3 Å². The van der Waals surface area contributed by atoms with Crippen LogP contribution in [0.25, 0.3) is 0 Å². The number of carbonyl (C=O) groups excluding carboxylic acids is 1. The number of halogens is 3. The lowest BCUT2D eigenvalue weighted by Crippen LogP contribution is -2.19. The maximum atomic E-state index is 12.2. The van der Waals surface area contributed by atoms with Gasteiger partial charge < -0.3 is 9.47 Å². The van der Waals surface area contributed by atoms with Crippen molar-refractivity contribution in [1.82, 2.24) is 0 Å². The zero-order valence-corrected chi connectivity index (χ0v) is 12.3. The highest BCUT2D eigenvalue weighted by molar-refractivity contribution is 5.90. The molecule has 0 aliphatic heterocycles. The van der Waals surface area contributed by atoms with Crippen LogP contribution in [0.2, 0.25) is 0 Å². The van der Waals surface area contributed by atoms with Gasteiger partial charge in [0.05, 0.1) is 17.2 Å². The van der Waals surface area contributed by atoms with E-state index in [-0.39, 0.29) is 23.5 Å². The van der Waals surface area contributed by atoms with E-state index in [9.17, 15) is 18.0 Å². The maximum Gasteiger partial charge on any atom is 0.422 e. The van der Waals surface area contributed by atoms with E-state index in [1.54, 1.807) is 30.3 Å². The molecule has 4 nitrogen and oxygen atoms in total. The predicted octanol–water partition coefficient (Wildman–Crippen LogP) is 3.86. The van der Waals surface area contributed by atoms with Gasteiger partial charge in [-0.1, -0.05) is 30.3 Å². The SMILES string of the molecule is N#Cc1cc(OCC(F)(F)F)cc(C(=O)OCc2ccccc2)c1. The highest BCUT2D eigenvalue weighted by Crippen LogP contribution is 2.22. The van der Waals surface area contributed by atoms with E-state index in [0.29, 0.717) is 0 Å². The van der Waals surface area contributed by atoms with Crippen molar-refractivity contribution in [3.8, 4) is 11.8 Å². The molecule has 0 aliphatic carbocycles. The van der Waals surface area contributed by atoms with Crippen molar-refractivity contribution >= 4 is 5.97 Å². The summed E-state index contributed by atoms with van der Waals surface area (Å²) in [6, 6.07) is 14.1. The molecular weight excluding hydrogens is 323 g/mol. The molecule has 2 aromatic rings. The number of nitrogens with zero attached hydrogens (tertiary/aromatic N) is 1. The highest BCUT2D eigenvalue weighted by Gasteiger charge is 2.28. The Morgan fingerprint density at radius 1 is 1.12 bits per heavy atom. The fourth-order valence-corrected chi connectivity index (χ4v) is 1.84. The van der Waals surface area contributed by atoms with Crippen LogP contribution in [0.5, 0.6) is 5.75 Å². The highest BCUT2D eigenvalue weighted by atomic mass is 19.4. The summed E-state index contributed by atoms with van der Waals surface area (Å²) < 4.78 is 46.3. The molecule has 0 amide bonds. The second-order valence-electron chi connectivity index (χ2n) is 4.82. The van der Waals surface area contributed by atoms with Crippen LogP contribution in [0.3, 0.4) is 0 Å². The fourth-order valence-electron chi connectivity index (χ4n) is 1.84. The first-order chi connectivity index (χ1) is 11.4. The summed E-state index contributed by atoms with van der Waals surface area (Å²) in [5.74, 6) is -0.981. The Labute approximate surface area is 136 Å². The van der Waals surface area contributed by atoms with Crippen molar-refractivity contribution < 1.29 is 27.4 Å². The minimum absolute atomic E-state index is 0.00124. The number of alkyl halides is 3. The molecule has 0 atom stereocenters. The van der Waals surface area contributed by atoms with Gasteiger partial charge in [-0.05, 0) is 23.8 Å². The third-order valence-corrected chi connectivity index (χ3v) is 2.89. The minimum Gasteiger partial charge on any atom is -0.484 e. The molecule has 2 aromatic carbocycles. The Morgan fingerprint density at radius 3 is 2.46 bits per heavy atom. The lowest BCUT2D eigenvalue weighted by atomic mass is 10.1. The van der Waals surface area contributed by atoms with E-state index < -0.39 is 18.8 Å². The monoisotopic (exact) mass is 335 g/mol. The van der Waals surface area contributed by atoms with Gasteiger partial charge in [-0.3, -0.25) is 0 Å². The Kier molecular flexibility index (Phi) is 5.42. The van der Waals surface area contributed by atoms with Crippen molar-refractivity contribution in [2.45, 2.75) is 12.8 Å². The fraction of sp³-hybridized carbons (Fsp3) is 0.176. The first-order valence-corrected chi connectivity index (χ1v) is 6.83. The third kappa shape index (κ3) is 5.32. The summed E-state index contributed by atoms with van der Waals surface area (Å²) in [6.45, 7) is -1.50. The topological polar surface area (TPSA) is 59.3 Å². The van der Waals surface area contributed by atoms with Gasteiger partial charge in [-0.25, -0.2) is 4.79 Å². The number of hydrogen-bond donors (Lipinski definition) is 0. The van der Waals surface area contributed by atoms with Crippen LogP contribution < -0.4 is 4.74 Å². The molecule has 7 heteroatoms. The third-order valence-electron chi connectivity index (χ3n) is 2.89. The van der Waals surface area contributed by atoms with Gasteiger partial charge in [0.25, 0.3) is 0 Å². The molecule has 2 rings (SSSR count). The average molecular weight is 335 g/mol. The first kappa shape index (κ1) is 17.3. The second-order valence-corrected chi connectivity index (χ2v) is 4.82. The van der Waals surface area contributed by atoms with Crippen molar-refractivity contribution in [2.75, 3.05) is 6.61 Å². The van der Waals surface area contributed by atoms with E-state index in [1.807, 2.05) is 6.07 Å². The Balaban J connectivity index is 2.10. The molecule has 0 unspecified atom stereocenters. The van der Waals surface area contributed by atoms with Crippen LogP contribution in [0.4, 0.5) is 13.2 Å². The predicted molar refractivity (Wildman–Crippen MR) is 78.3 cm³/mol. The lowest BCUT2D eigenvalue weighted by molar-refractivity contribution is -0.153. The van der Waals surface area contributed by atoms with Crippen molar-refractivity contribution in [3.63, 3.8) is 0 Å². The van der Waals surface area contributed by atoms with E-state index in [2.05, 4.69) is 4.74 Å². The number of nitriles is 1. The molecule has 0 bridgehead atoms. The summed E-state index contributed by atoms with van der Waals surface area (Å²) in [5, 5.41) is 8.92. The molecule has 0 saturated heterocycles. The largest absolute Gasteiger partial charge is 0.484 e. The number of ether oxygens (including phenoxy) is 2. The molecule has 0 radical (unpaired) electrons. The van der Waals surface area contributed by atoms with Crippen LogP contribution in [0.1, 0.15) is 21.5 Å². The van der Waals surface area contributed by atoms with Gasteiger partial charge in [0.15, 0.2) is 6.61 Å². The maximum absolute atomic E-state index is 12.2. The summed E-state index contributed by atoms with van der Waals surface area (Å²) in [6.07, 6.45) is -4.52. The van der Waals surface area contributed by atoms with Crippen LogP contribution in [0.15, 0.2) is 48.5 Å². The van der Waals surface area contributed by atoms with Crippen LogP contribution in [-0.2, 0) is 11.3 Å². The second kappa shape index (κ2) is 7.51. The normalized spacial score (nSPS) is 10.8. The smallest absolute Gasteiger partial charge is 0.422 e. The van der Waals surface area contributed by atoms with E-state index in [1.165, 1.54) is 6.07 Å². The van der Waals surface area contributed by atoms with E-state index in [4.69, 9.17) is 10.00 Å². The van der Waals surface area contributed by atoms with Crippen LogP contribution >= 0.6 is 0 Å². The van der Waals surface area contributed by atoms with Gasteiger partial charge in [0, 0.05) is 0 Å². The van der Waals surface area contributed by atoms with Crippen LogP contribution in [-0.4, -0.2) is 18.8 Å². The molecule has 0 fully saturated rings. The summed E-state index contributed by atoms with van der Waals surface area (Å²) in [5.41, 5.74) is 0.708. The molecular formula is C17H12F3NO3. The van der Waals surface area contributed by atoms with E-state index in [0.717, 1.165) is 17.7 Å². The Morgan fingerprint density at radius 2 is 1.83 bits per heavy atom. The first-order valence-electron chi connectivity index (χ1n) is 6.83. The zero-order valence-electron chi connectivity index (χ0n) is 12.3.